The third-order valence-corrected chi connectivity index (χ3v) is 6.74. The molecule has 1 N–H and O–H groups in total. The van der Waals surface area contributed by atoms with E-state index in [0.717, 1.165) is 63.4 Å². The monoisotopic (exact) mass is 439 g/mol. The van der Waals surface area contributed by atoms with Gasteiger partial charge in [-0.3, -0.25) is 4.90 Å². The summed E-state index contributed by atoms with van der Waals surface area (Å²) < 4.78 is 5.45. The molecular formula is C25H37N5O2. The van der Waals surface area contributed by atoms with Gasteiger partial charge in [0, 0.05) is 23.7 Å². The molecule has 0 unspecified atom stereocenters. The number of nitrogens with one attached hydrogen (secondary N) is 1. The molecule has 0 spiro atoms. The lowest BCUT2D eigenvalue weighted by Gasteiger charge is -2.40. The molecule has 2 aliphatic heterocycles. The average Bonchev–Trinajstić information content (AvgIpc) is 3.11. The fourth-order valence-corrected chi connectivity index (χ4v) is 4.91. The van der Waals surface area contributed by atoms with Crippen LogP contribution in [0.25, 0.3) is 0 Å². The van der Waals surface area contributed by atoms with Crippen molar-refractivity contribution in [1.29, 1.82) is 0 Å². The first-order chi connectivity index (χ1) is 15.4. The number of piperidine rings is 1. The van der Waals surface area contributed by atoms with Gasteiger partial charge >= 0.3 is 6.03 Å². The molecule has 2 saturated heterocycles. The number of carbonyl (C=O) groups excluding carboxylic acids is 1. The van der Waals surface area contributed by atoms with Crippen LogP contribution in [-0.2, 0) is 12.0 Å². The summed E-state index contributed by atoms with van der Waals surface area (Å²) in [6.07, 6.45) is 6.81. The van der Waals surface area contributed by atoms with Crippen LogP contribution < -0.4 is 5.32 Å². The zero-order valence-electron chi connectivity index (χ0n) is 19.7. The maximum absolute atomic E-state index is 13.1. The summed E-state index contributed by atoms with van der Waals surface area (Å²) in [4.78, 5) is 22.3. The van der Waals surface area contributed by atoms with Crippen LogP contribution in [0.15, 0.2) is 34.9 Å². The molecule has 0 saturated carbocycles. The quantitative estimate of drug-likeness (QED) is 0.721. The fourth-order valence-electron chi connectivity index (χ4n) is 4.91. The molecule has 0 aliphatic carbocycles. The van der Waals surface area contributed by atoms with Crippen molar-refractivity contribution in [2.24, 2.45) is 5.92 Å². The average molecular weight is 440 g/mol. The Bertz CT molecular complexity index is 868. The van der Waals surface area contributed by atoms with Gasteiger partial charge in [-0.2, -0.15) is 4.98 Å². The van der Waals surface area contributed by atoms with Crippen molar-refractivity contribution >= 4 is 11.7 Å². The van der Waals surface area contributed by atoms with Gasteiger partial charge in [-0.1, -0.05) is 57.0 Å². The van der Waals surface area contributed by atoms with E-state index in [1.165, 1.54) is 12.8 Å². The van der Waals surface area contributed by atoms with E-state index in [2.05, 4.69) is 46.0 Å². The van der Waals surface area contributed by atoms with Gasteiger partial charge in [-0.05, 0) is 56.8 Å². The van der Waals surface area contributed by atoms with Crippen molar-refractivity contribution in [3.8, 4) is 0 Å². The number of benzene rings is 1. The van der Waals surface area contributed by atoms with E-state index in [9.17, 15) is 4.79 Å². The zero-order chi connectivity index (χ0) is 22.6. The molecule has 3 heterocycles. The first-order valence-corrected chi connectivity index (χ1v) is 12.1. The molecule has 2 amide bonds. The van der Waals surface area contributed by atoms with Gasteiger partial charge in [0.1, 0.15) is 0 Å². The van der Waals surface area contributed by atoms with E-state index in [1.54, 1.807) is 0 Å². The largest absolute Gasteiger partial charge is 0.339 e. The maximum atomic E-state index is 13.1. The normalized spacial score (nSPS) is 21.3. The lowest BCUT2D eigenvalue weighted by atomic mass is 9.86. The van der Waals surface area contributed by atoms with Crippen LogP contribution in [0.3, 0.4) is 0 Å². The van der Waals surface area contributed by atoms with Crippen LogP contribution in [0.1, 0.15) is 71.0 Å². The Balaban J connectivity index is 1.35. The predicted molar refractivity (Wildman–Crippen MR) is 125 cm³/mol. The summed E-state index contributed by atoms with van der Waals surface area (Å²) in [6, 6.07) is 10.2. The molecule has 2 aliphatic rings. The Kier molecular flexibility index (Phi) is 7.13. The summed E-state index contributed by atoms with van der Waals surface area (Å²) in [7, 11) is 0. The molecule has 7 nitrogen and oxygen atoms in total. The van der Waals surface area contributed by atoms with Gasteiger partial charge in [0.15, 0.2) is 5.82 Å². The summed E-state index contributed by atoms with van der Waals surface area (Å²) in [6.45, 7) is 9.85. The number of aromatic nitrogens is 2. The number of hydrogen-bond acceptors (Lipinski definition) is 5. The van der Waals surface area contributed by atoms with Gasteiger partial charge in [-0.25, -0.2) is 4.79 Å². The molecule has 4 rings (SSSR count). The first kappa shape index (κ1) is 22.8. The van der Waals surface area contributed by atoms with Crippen LogP contribution in [0, 0.1) is 5.92 Å². The zero-order valence-corrected chi connectivity index (χ0v) is 19.7. The highest BCUT2D eigenvalue weighted by Gasteiger charge is 2.34. The molecule has 1 atom stereocenters. The van der Waals surface area contributed by atoms with Gasteiger partial charge in [0.25, 0.3) is 0 Å². The second-order valence-corrected chi connectivity index (χ2v) is 10.3. The first-order valence-electron chi connectivity index (χ1n) is 12.1. The molecule has 0 bridgehead atoms. The Morgan fingerprint density at radius 1 is 1.06 bits per heavy atom. The van der Waals surface area contributed by atoms with Crippen LogP contribution in [0.4, 0.5) is 10.5 Å². The second kappa shape index (κ2) is 10.0. The molecule has 7 heteroatoms. The third kappa shape index (κ3) is 5.68. The Hall–Kier alpha value is -2.41. The molecule has 174 valence electrons. The van der Waals surface area contributed by atoms with Crippen molar-refractivity contribution < 1.29 is 9.32 Å². The van der Waals surface area contributed by atoms with Crippen molar-refractivity contribution in [1.82, 2.24) is 19.9 Å². The second-order valence-electron chi connectivity index (χ2n) is 10.3. The lowest BCUT2D eigenvalue weighted by Crippen LogP contribution is -2.49. The number of likely N-dealkylation sites (tertiary alicyclic amines) is 2. The highest BCUT2D eigenvalue weighted by atomic mass is 16.5. The minimum atomic E-state index is -0.123. The highest BCUT2D eigenvalue weighted by Crippen LogP contribution is 2.31. The summed E-state index contributed by atoms with van der Waals surface area (Å²) >= 11 is 0. The van der Waals surface area contributed by atoms with Gasteiger partial charge in [0.05, 0.1) is 6.54 Å². The highest BCUT2D eigenvalue weighted by molar-refractivity contribution is 5.89. The van der Waals surface area contributed by atoms with Gasteiger partial charge in [0.2, 0.25) is 5.89 Å². The molecule has 2 fully saturated rings. The van der Waals surface area contributed by atoms with Crippen molar-refractivity contribution in [3.05, 3.63) is 42.0 Å². The smallest absolute Gasteiger partial charge is 0.322 e. The molecular weight excluding hydrogens is 402 g/mol. The van der Waals surface area contributed by atoms with Gasteiger partial charge < -0.3 is 14.7 Å². The number of para-hydroxylation sites is 1. The number of hydrogen-bond donors (Lipinski definition) is 1. The van der Waals surface area contributed by atoms with Crippen molar-refractivity contribution in [3.63, 3.8) is 0 Å². The molecule has 32 heavy (non-hydrogen) atoms. The van der Waals surface area contributed by atoms with Crippen molar-refractivity contribution in [2.75, 3.05) is 25.0 Å². The van der Waals surface area contributed by atoms with Crippen LogP contribution in [0.5, 0.6) is 0 Å². The van der Waals surface area contributed by atoms with Crippen molar-refractivity contribution in [2.45, 2.75) is 77.3 Å². The maximum Gasteiger partial charge on any atom is 0.322 e. The van der Waals surface area contributed by atoms with E-state index < -0.39 is 0 Å². The van der Waals surface area contributed by atoms with Gasteiger partial charge in [-0.15, -0.1) is 0 Å². The van der Waals surface area contributed by atoms with E-state index in [1.807, 2.05) is 30.3 Å². The number of nitrogens with zero attached hydrogens (tertiary/aromatic N) is 4. The number of anilines is 1. The lowest BCUT2D eigenvalue weighted by molar-refractivity contribution is 0.101. The topological polar surface area (TPSA) is 74.5 Å². The van der Waals surface area contributed by atoms with Crippen LogP contribution >= 0.6 is 0 Å². The third-order valence-electron chi connectivity index (χ3n) is 6.74. The number of rotatable bonds is 4. The number of urea groups is 1. The Morgan fingerprint density at radius 3 is 2.50 bits per heavy atom. The summed E-state index contributed by atoms with van der Waals surface area (Å²) in [5, 5.41) is 7.30. The SMILES string of the molecule is CC(C)(C)c1nc(CN2CCC([C@H]3CCCCCN3C(=O)Nc3ccccc3)CC2)no1. The number of carbonyl (C=O) groups is 1. The Morgan fingerprint density at radius 2 is 1.81 bits per heavy atom. The minimum Gasteiger partial charge on any atom is -0.339 e. The van der Waals surface area contributed by atoms with E-state index in [-0.39, 0.29) is 11.4 Å². The van der Waals surface area contributed by atoms with Crippen LogP contribution in [0.2, 0.25) is 0 Å². The van der Waals surface area contributed by atoms with E-state index in [0.29, 0.717) is 17.9 Å². The summed E-state index contributed by atoms with van der Waals surface area (Å²) in [5.74, 6) is 2.01. The summed E-state index contributed by atoms with van der Waals surface area (Å²) in [5.41, 5.74) is 0.742. The molecule has 1 aromatic carbocycles. The predicted octanol–water partition coefficient (Wildman–Crippen LogP) is 5.06. The molecule has 0 radical (unpaired) electrons. The molecule has 1 aromatic heterocycles. The fraction of sp³-hybridized carbons (Fsp3) is 0.640. The van der Waals surface area contributed by atoms with E-state index >= 15 is 0 Å². The Labute approximate surface area is 191 Å². The minimum absolute atomic E-state index is 0.0482. The van der Waals surface area contributed by atoms with Crippen LogP contribution in [-0.4, -0.2) is 51.6 Å². The molecule has 2 aromatic rings. The number of amides is 2. The standard InChI is InChI=1S/C25H37N5O2/c1-25(2,3)23-27-22(28-32-23)18-29-16-13-19(14-17-29)21-12-8-5-9-15-30(21)24(31)26-20-10-6-4-7-11-20/h4,6-7,10-11,19,21H,5,8-9,12-18H2,1-3H3,(H,26,31)/t21-/m1/s1. The van der Waals surface area contributed by atoms with E-state index in [4.69, 9.17) is 4.52 Å².